The predicted molar refractivity (Wildman–Crippen MR) is 149 cm³/mol. The van der Waals surface area contributed by atoms with E-state index in [4.69, 9.17) is 9.47 Å². The van der Waals surface area contributed by atoms with Crippen LogP contribution in [0.25, 0.3) is 10.9 Å². The standard InChI is InChI=1S/C33H35NO5/c1-20-13-16-28-32(2,25(20)15-14-23-27(35)18-38-31(23)37)17-24-22-11-7-8-12-26(22)34-29(24)33(28,3)19-39-30(36)21-9-5-4-6-10-21/h4-12,14,25,27-28,34-35H,1,13,15-19H2,2-3H3/b23-14+/t25-,27-,28+,32+,33+/m1/s1. The Morgan fingerprint density at radius 3 is 2.67 bits per heavy atom. The first-order chi connectivity index (χ1) is 18.7. The molecular formula is C33H35NO5. The van der Waals surface area contributed by atoms with Gasteiger partial charge in [-0.25, -0.2) is 9.59 Å². The summed E-state index contributed by atoms with van der Waals surface area (Å²) in [6.45, 7) is 9.31. The van der Waals surface area contributed by atoms with Crippen LogP contribution in [0.15, 0.2) is 78.4 Å². The van der Waals surface area contributed by atoms with Crippen LogP contribution in [0.3, 0.4) is 0 Å². The summed E-state index contributed by atoms with van der Waals surface area (Å²) in [6, 6.07) is 17.5. The average Bonchev–Trinajstić information content (AvgIpc) is 3.46. The van der Waals surface area contributed by atoms with E-state index in [0.717, 1.165) is 30.5 Å². The highest BCUT2D eigenvalue weighted by molar-refractivity contribution is 5.91. The summed E-state index contributed by atoms with van der Waals surface area (Å²) in [5.41, 5.74) is 4.88. The number of carbonyl (C=O) groups is 2. The molecular weight excluding hydrogens is 490 g/mol. The van der Waals surface area contributed by atoms with Gasteiger partial charge in [0.2, 0.25) is 0 Å². The Labute approximate surface area is 228 Å². The van der Waals surface area contributed by atoms with E-state index in [1.54, 1.807) is 12.1 Å². The van der Waals surface area contributed by atoms with Gasteiger partial charge in [-0.05, 0) is 66.7 Å². The molecule has 6 rings (SSSR count). The lowest BCUT2D eigenvalue weighted by atomic mass is 9.46. The summed E-state index contributed by atoms with van der Waals surface area (Å²) in [5, 5.41) is 11.5. The fraction of sp³-hybridized carbons (Fsp3) is 0.394. The van der Waals surface area contributed by atoms with Crippen molar-refractivity contribution in [2.24, 2.45) is 17.3 Å². The Balaban J connectivity index is 1.41. The van der Waals surface area contributed by atoms with E-state index >= 15 is 0 Å². The molecule has 6 heteroatoms. The molecule has 3 aliphatic rings. The summed E-state index contributed by atoms with van der Waals surface area (Å²) in [7, 11) is 0. The third kappa shape index (κ3) is 4.13. The van der Waals surface area contributed by atoms with E-state index in [1.165, 1.54) is 16.5 Å². The Morgan fingerprint density at radius 2 is 1.92 bits per heavy atom. The Hall–Kier alpha value is -3.64. The predicted octanol–water partition coefficient (Wildman–Crippen LogP) is 5.66. The number of esters is 2. The molecule has 2 fully saturated rings. The molecule has 0 amide bonds. The number of allylic oxidation sites excluding steroid dienone is 2. The lowest BCUT2D eigenvalue weighted by Gasteiger charge is -2.58. The maximum absolute atomic E-state index is 13.1. The van der Waals surface area contributed by atoms with E-state index in [-0.39, 0.29) is 36.4 Å². The Bertz CT molecular complexity index is 1490. The SMILES string of the molecule is C=C1CC[C@H]2[C@@](C)(Cc3c([nH]c4ccccc34)[C@@]2(C)COC(=O)c2ccccc2)[C@@H]1C/C=C1/C(=O)OC[C@H]1O. The summed E-state index contributed by atoms with van der Waals surface area (Å²) >= 11 is 0. The number of H-pyrrole nitrogens is 1. The number of benzene rings is 2. The second kappa shape index (κ2) is 9.53. The molecule has 6 nitrogen and oxygen atoms in total. The monoisotopic (exact) mass is 525 g/mol. The smallest absolute Gasteiger partial charge is 0.338 e. The number of hydrogen-bond donors (Lipinski definition) is 2. The van der Waals surface area contributed by atoms with Gasteiger partial charge in [0, 0.05) is 22.0 Å². The summed E-state index contributed by atoms with van der Waals surface area (Å²) in [5.74, 6) is -0.471. The maximum Gasteiger partial charge on any atom is 0.338 e. The number of nitrogens with one attached hydrogen (secondary N) is 1. The maximum atomic E-state index is 13.1. The van der Waals surface area contributed by atoms with Gasteiger partial charge in [0.05, 0.1) is 11.1 Å². The molecule has 39 heavy (non-hydrogen) atoms. The normalized spacial score (nSPS) is 31.2. The van der Waals surface area contributed by atoms with Crippen LogP contribution in [-0.4, -0.2) is 41.3 Å². The number of hydrogen-bond acceptors (Lipinski definition) is 5. The number of cyclic esters (lactones) is 1. The topological polar surface area (TPSA) is 88.6 Å². The van der Waals surface area contributed by atoms with E-state index in [9.17, 15) is 14.7 Å². The number of carbonyl (C=O) groups excluding carboxylic acids is 2. The van der Waals surface area contributed by atoms with E-state index in [0.29, 0.717) is 17.6 Å². The van der Waals surface area contributed by atoms with Crippen LogP contribution in [-0.2, 0) is 26.1 Å². The lowest BCUT2D eigenvalue weighted by Crippen LogP contribution is -2.55. The van der Waals surface area contributed by atoms with Crippen molar-refractivity contribution in [2.75, 3.05) is 13.2 Å². The van der Waals surface area contributed by atoms with Crippen LogP contribution in [0.2, 0.25) is 0 Å². The second-order valence-electron chi connectivity index (χ2n) is 11.9. The zero-order valence-corrected chi connectivity index (χ0v) is 22.5. The van der Waals surface area contributed by atoms with Crippen LogP contribution in [0.1, 0.15) is 54.7 Å². The molecule has 1 saturated carbocycles. The Morgan fingerprint density at radius 1 is 1.18 bits per heavy atom. The van der Waals surface area contributed by atoms with Crippen LogP contribution in [0.5, 0.6) is 0 Å². The minimum Gasteiger partial charge on any atom is -0.461 e. The lowest BCUT2D eigenvalue weighted by molar-refractivity contribution is -0.135. The van der Waals surface area contributed by atoms with Crippen molar-refractivity contribution in [1.82, 2.24) is 4.98 Å². The molecule has 202 valence electrons. The van der Waals surface area contributed by atoms with Crippen LogP contribution < -0.4 is 0 Å². The van der Waals surface area contributed by atoms with Crippen molar-refractivity contribution in [3.63, 3.8) is 0 Å². The molecule has 3 aromatic rings. The minimum absolute atomic E-state index is 0.0136. The zero-order valence-electron chi connectivity index (χ0n) is 22.5. The fourth-order valence-electron chi connectivity index (χ4n) is 7.67. The quantitative estimate of drug-likeness (QED) is 0.255. The Kier molecular flexibility index (Phi) is 6.26. The third-order valence-electron chi connectivity index (χ3n) is 9.60. The largest absolute Gasteiger partial charge is 0.461 e. The van der Waals surface area contributed by atoms with E-state index in [2.05, 4.69) is 43.6 Å². The number of para-hydroxylation sites is 1. The molecule has 2 aromatic carbocycles. The molecule has 1 aliphatic heterocycles. The fourth-order valence-corrected chi connectivity index (χ4v) is 7.67. The summed E-state index contributed by atoms with van der Waals surface area (Å²) in [6.07, 6.45) is 4.22. The summed E-state index contributed by atoms with van der Waals surface area (Å²) in [4.78, 5) is 29.0. The van der Waals surface area contributed by atoms with Gasteiger partial charge in [-0.15, -0.1) is 0 Å². The van der Waals surface area contributed by atoms with Crippen molar-refractivity contribution < 1.29 is 24.2 Å². The molecule has 0 unspecified atom stereocenters. The average molecular weight is 526 g/mol. The highest BCUT2D eigenvalue weighted by atomic mass is 16.6. The van der Waals surface area contributed by atoms with Gasteiger partial charge < -0.3 is 19.6 Å². The zero-order chi connectivity index (χ0) is 27.4. The summed E-state index contributed by atoms with van der Waals surface area (Å²) < 4.78 is 11.1. The number of aliphatic hydroxyl groups excluding tert-OH is 1. The van der Waals surface area contributed by atoms with Gasteiger partial charge in [0.15, 0.2) is 0 Å². The van der Waals surface area contributed by atoms with E-state index < -0.39 is 17.5 Å². The molecule has 0 spiro atoms. The van der Waals surface area contributed by atoms with Crippen molar-refractivity contribution in [3.8, 4) is 0 Å². The number of ether oxygens (including phenoxy) is 2. The van der Waals surface area contributed by atoms with Gasteiger partial charge in [-0.3, -0.25) is 0 Å². The molecule has 2 N–H and O–H groups in total. The number of rotatable bonds is 5. The number of fused-ring (bicyclic) bond motifs is 4. The number of aromatic amines is 1. The van der Waals surface area contributed by atoms with Gasteiger partial charge in [0.1, 0.15) is 19.3 Å². The van der Waals surface area contributed by atoms with Gasteiger partial charge in [-0.2, -0.15) is 0 Å². The van der Waals surface area contributed by atoms with Crippen molar-refractivity contribution in [1.29, 1.82) is 0 Å². The molecule has 2 heterocycles. The molecule has 2 aliphatic carbocycles. The number of aliphatic hydroxyl groups is 1. The van der Waals surface area contributed by atoms with Crippen LogP contribution in [0, 0.1) is 17.3 Å². The highest BCUT2D eigenvalue weighted by Crippen LogP contribution is 2.61. The van der Waals surface area contributed by atoms with Crippen molar-refractivity contribution in [2.45, 2.75) is 51.0 Å². The highest BCUT2D eigenvalue weighted by Gasteiger charge is 2.58. The first-order valence-corrected chi connectivity index (χ1v) is 13.8. The molecule has 1 saturated heterocycles. The van der Waals surface area contributed by atoms with Crippen molar-refractivity contribution in [3.05, 3.63) is 95.2 Å². The molecule has 0 radical (unpaired) electrons. The van der Waals surface area contributed by atoms with Crippen LogP contribution in [0.4, 0.5) is 0 Å². The van der Waals surface area contributed by atoms with Crippen molar-refractivity contribution >= 4 is 22.8 Å². The van der Waals surface area contributed by atoms with E-state index in [1.807, 2.05) is 30.3 Å². The second-order valence-corrected chi connectivity index (χ2v) is 11.9. The first-order valence-electron chi connectivity index (χ1n) is 13.8. The number of aromatic nitrogens is 1. The molecule has 0 bridgehead atoms. The first kappa shape index (κ1) is 25.6. The van der Waals surface area contributed by atoms with Gasteiger partial charge in [-0.1, -0.05) is 68.5 Å². The van der Waals surface area contributed by atoms with Gasteiger partial charge in [0.25, 0.3) is 0 Å². The van der Waals surface area contributed by atoms with Crippen LogP contribution >= 0.6 is 0 Å². The third-order valence-corrected chi connectivity index (χ3v) is 9.60. The molecule has 1 aromatic heterocycles. The van der Waals surface area contributed by atoms with Gasteiger partial charge >= 0.3 is 11.9 Å². The minimum atomic E-state index is -0.882. The molecule has 5 atom stereocenters.